The molecular weight excluding hydrogens is 216 g/mol. The lowest BCUT2D eigenvalue weighted by Gasteiger charge is -2.00. The third kappa shape index (κ3) is 6.21. The van der Waals surface area contributed by atoms with E-state index in [0.29, 0.717) is 0 Å². The number of hydrogen-bond donors (Lipinski definition) is 0. The Bertz CT molecular complexity index is 271. The van der Waals surface area contributed by atoms with Crippen LogP contribution in [0.15, 0.2) is 18.7 Å². The van der Waals surface area contributed by atoms with Crippen molar-refractivity contribution in [2.24, 2.45) is 7.05 Å². The third-order valence-electron chi connectivity index (χ3n) is 2.71. The van der Waals surface area contributed by atoms with Crippen LogP contribution in [0.4, 0.5) is 0 Å². The number of nitrogens with zero attached hydrogens (tertiary/aromatic N) is 2. The summed E-state index contributed by atoms with van der Waals surface area (Å²) in [4.78, 5) is 0. The van der Waals surface area contributed by atoms with Gasteiger partial charge >= 0.3 is 0 Å². The molecule has 0 N–H and O–H groups in total. The molecule has 0 saturated carbocycles. The van der Waals surface area contributed by atoms with Gasteiger partial charge < -0.3 is 0 Å². The molecule has 0 amide bonds. The first-order valence-corrected chi connectivity index (χ1v) is 7.57. The molecule has 0 bridgehead atoms. The second-order valence-corrected chi connectivity index (χ2v) is 5.47. The summed E-state index contributed by atoms with van der Waals surface area (Å²) in [6.07, 6.45) is 14.7. The summed E-state index contributed by atoms with van der Waals surface area (Å²) in [5, 5.41) is 0. The molecule has 2 nitrogen and oxygen atoms in total. The topological polar surface area (TPSA) is 8.81 Å². The Morgan fingerprint density at radius 3 is 2.56 bits per heavy atom. The van der Waals surface area contributed by atoms with E-state index in [0.717, 1.165) is 5.88 Å². The van der Waals surface area contributed by atoms with Crippen LogP contribution in [0.25, 0.3) is 0 Å². The van der Waals surface area contributed by atoms with Gasteiger partial charge in [-0.1, -0.05) is 39.0 Å². The first-order valence-electron chi connectivity index (χ1n) is 6.41. The number of unbranched alkanes of at least 4 members (excludes halogenated alkanes) is 5. The van der Waals surface area contributed by atoms with Gasteiger partial charge in [-0.15, -0.1) is 11.8 Å². The maximum absolute atomic E-state index is 2.27. The van der Waals surface area contributed by atoms with Gasteiger partial charge in [0.15, 0.2) is 0 Å². The summed E-state index contributed by atoms with van der Waals surface area (Å²) >= 11 is 2.03. The van der Waals surface area contributed by atoms with E-state index in [1.807, 2.05) is 11.8 Å². The number of aromatic nitrogens is 2. The van der Waals surface area contributed by atoms with Crippen LogP contribution in [-0.2, 0) is 12.9 Å². The summed E-state index contributed by atoms with van der Waals surface area (Å²) in [6.45, 7) is 2.27. The van der Waals surface area contributed by atoms with Gasteiger partial charge in [0.25, 0.3) is 0 Å². The molecule has 1 rings (SSSR count). The number of thioether (sulfide) groups is 1. The zero-order valence-corrected chi connectivity index (χ0v) is 11.5. The fraction of sp³-hybridized carbons (Fsp3) is 0.769. The van der Waals surface area contributed by atoms with Gasteiger partial charge in [0.05, 0.1) is 7.05 Å². The molecule has 1 heterocycles. The highest BCUT2D eigenvalue weighted by molar-refractivity contribution is 7.98. The lowest BCUT2D eigenvalue weighted by Crippen LogP contribution is -2.23. The minimum absolute atomic E-state index is 1.09. The Hall–Kier alpha value is -0.440. The van der Waals surface area contributed by atoms with Gasteiger partial charge in [0.2, 0.25) is 6.33 Å². The van der Waals surface area contributed by atoms with Crippen molar-refractivity contribution in [2.45, 2.75) is 51.3 Å². The molecule has 0 aliphatic carbocycles. The van der Waals surface area contributed by atoms with E-state index in [1.165, 1.54) is 44.3 Å². The van der Waals surface area contributed by atoms with Crippen molar-refractivity contribution < 1.29 is 4.57 Å². The number of rotatable bonds is 9. The van der Waals surface area contributed by atoms with Crippen LogP contribution in [0.1, 0.15) is 45.4 Å². The van der Waals surface area contributed by atoms with Crippen LogP contribution in [0.2, 0.25) is 0 Å². The smallest absolute Gasteiger partial charge is 0.240 e. The standard InChI is InChI=1S/C13H25N2S/c1-3-4-5-6-7-8-11-16-13-15-10-9-14(2)12-15/h9-10,12H,3-8,11,13H2,1-2H3/q+1. The summed E-state index contributed by atoms with van der Waals surface area (Å²) in [5.41, 5.74) is 0. The Labute approximate surface area is 104 Å². The first kappa shape index (κ1) is 13.6. The van der Waals surface area contributed by atoms with Crippen molar-refractivity contribution in [3.63, 3.8) is 0 Å². The van der Waals surface area contributed by atoms with Crippen molar-refractivity contribution in [3.8, 4) is 0 Å². The summed E-state index contributed by atoms with van der Waals surface area (Å²) in [6, 6.07) is 0. The maximum atomic E-state index is 2.27. The molecule has 0 atom stereocenters. The van der Waals surface area contributed by atoms with Crippen LogP contribution in [0.5, 0.6) is 0 Å². The van der Waals surface area contributed by atoms with Gasteiger partial charge in [-0.05, 0) is 12.2 Å². The van der Waals surface area contributed by atoms with Crippen molar-refractivity contribution in [1.82, 2.24) is 4.57 Å². The van der Waals surface area contributed by atoms with E-state index >= 15 is 0 Å². The molecule has 0 saturated heterocycles. The normalized spacial score (nSPS) is 10.9. The van der Waals surface area contributed by atoms with E-state index < -0.39 is 0 Å². The Balaban J connectivity index is 1.88. The Morgan fingerprint density at radius 1 is 1.12 bits per heavy atom. The largest absolute Gasteiger partial charge is 0.244 e. The zero-order valence-electron chi connectivity index (χ0n) is 10.7. The van der Waals surface area contributed by atoms with Crippen LogP contribution >= 0.6 is 11.8 Å². The highest BCUT2D eigenvalue weighted by atomic mass is 32.2. The summed E-state index contributed by atoms with van der Waals surface area (Å²) in [5.74, 6) is 2.39. The lowest BCUT2D eigenvalue weighted by atomic mass is 10.1. The van der Waals surface area contributed by atoms with E-state index in [4.69, 9.17) is 0 Å². The van der Waals surface area contributed by atoms with Gasteiger partial charge in [-0.3, -0.25) is 0 Å². The second-order valence-electron chi connectivity index (χ2n) is 4.40. The minimum Gasteiger partial charge on any atom is -0.240 e. The predicted molar refractivity (Wildman–Crippen MR) is 71.4 cm³/mol. The lowest BCUT2D eigenvalue weighted by molar-refractivity contribution is -0.670. The van der Waals surface area contributed by atoms with Gasteiger partial charge in [-0.25, -0.2) is 9.13 Å². The number of imidazole rings is 1. The molecule has 1 aromatic rings. The van der Waals surface area contributed by atoms with Gasteiger partial charge in [0.1, 0.15) is 18.3 Å². The highest BCUT2D eigenvalue weighted by Gasteiger charge is 1.99. The molecule has 0 unspecified atom stereocenters. The quantitative estimate of drug-likeness (QED) is 0.476. The van der Waals surface area contributed by atoms with Crippen molar-refractivity contribution in [3.05, 3.63) is 18.7 Å². The molecule has 0 spiro atoms. The molecule has 3 heteroatoms. The van der Waals surface area contributed by atoms with Crippen LogP contribution < -0.4 is 4.57 Å². The third-order valence-corrected chi connectivity index (χ3v) is 3.76. The monoisotopic (exact) mass is 241 g/mol. The molecule has 0 aromatic carbocycles. The van der Waals surface area contributed by atoms with E-state index in [2.05, 4.69) is 41.8 Å². The SMILES string of the molecule is CCCCCCCCSCn1cc[n+](C)c1. The summed E-state index contributed by atoms with van der Waals surface area (Å²) in [7, 11) is 2.06. The minimum atomic E-state index is 1.09. The van der Waals surface area contributed by atoms with E-state index in [-0.39, 0.29) is 0 Å². The van der Waals surface area contributed by atoms with E-state index in [1.54, 1.807) is 0 Å². The van der Waals surface area contributed by atoms with E-state index in [9.17, 15) is 0 Å². The van der Waals surface area contributed by atoms with Crippen molar-refractivity contribution in [1.29, 1.82) is 0 Å². The maximum Gasteiger partial charge on any atom is 0.244 e. The van der Waals surface area contributed by atoms with Gasteiger partial charge in [0, 0.05) is 0 Å². The fourth-order valence-corrected chi connectivity index (χ4v) is 2.63. The van der Waals surface area contributed by atoms with Crippen LogP contribution in [0, 0.1) is 0 Å². The van der Waals surface area contributed by atoms with Crippen molar-refractivity contribution >= 4 is 11.8 Å². The molecule has 16 heavy (non-hydrogen) atoms. The molecule has 0 aliphatic rings. The molecule has 0 radical (unpaired) electrons. The number of aryl methyl sites for hydroxylation is 1. The molecule has 92 valence electrons. The second kappa shape index (κ2) is 8.68. The summed E-state index contributed by atoms with van der Waals surface area (Å²) < 4.78 is 4.33. The predicted octanol–water partition coefficient (Wildman–Crippen LogP) is 3.36. The zero-order chi connectivity index (χ0) is 11.6. The molecule has 1 aromatic heterocycles. The van der Waals surface area contributed by atoms with Crippen LogP contribution in [-0.4, -0.2) is 10.3 Å². The molecule has 0 aliphatic heterocycles. The molecule has 0 fully saturated rings. The molecular formula is C13H25N2S+. The average Bonchev–Trinajstić information content (AvgIpc) is 2.68. The Morgan fingerprint density at radius 2 is 1.88 bits per heavy atom. The number of hydrogen-bond acceptors (Lipinski definition) is 1. The Kier molecular flexibility index (Phi) is 7.39. The average molecular weight is 241 g/mol. The first-order chi connectivity index (χ1) is 7.83. The van der Waals surface area contributed by atoms with Crippen LogP contribution in [0.3, 0.4) is 0 Å². The highest BCUT2D eigenvalue weighted by Crippen LogP contribution is 2.11. The van der Waals surface area contributed by atoms with Gasteiger partial charge in [-0.2, -0.15) is 0 Å². The fourth-order valence-electron chi connectivity index (χ4n) is 1.73. The van der Waals surface area contributed by atoms with Crippen molar-refractivity contribution in [2.75, 3.05) is 5.75 Å².